The maximum Gasteiger partial charge on any atom is 0.0729 e. The summed E-state index contributed by atoms with van der Waals surface area (Å²) in [4.78, 5) is 18.6. The number of pyridine rings is 3. The van der Waals surface area contributed by atoms with Crippen LogP contribution in [0.2, 0.25) is 0 Å². The normalized spacial score (nSPS) is 21.7. The Hall–Kier alpha value is -2.79. The summed E-state index contributed by atoms with van der Waals surface area (Å²) in [6.07, 6.45) is 8.76. The van der Waals surface area contributed by atoms with E-state index in [4.69, 9.17) is 4.98 Å². The summed E-state index contributed by atoms with van der Waals surface area (Å²) in [5.74, 6) is 0. The smallest absolute Gasteiger partial charge is 0.0729 e. The van der Waals surface area contributed by atoms with Gasteiger partial charge in [-0.2, -0.15) is 0 Å². The van der Waals surface area contributed by atoms with Crippen molar-refractivity contribution in [3.63, 3.8) is 0 Å². The third kappa shape index (κ3) is 3.08. The van der Waals surface area contributed by atoms with Crippen LogP contribution in [0.5, 0.6) is 0 Å². The Morgan fingerprint density at radius 3 is 2.67 bits per heavy atom. The van der Waals surface area contributed by atoms with Crippen molar-refractivity contribution in [1.82, 2.24) is 19.9 Å². The van der Waals surface area contributed by atoms with Crippen LogP contribution < -0.4 is 4.90 Å². The number of likely N-dealkylation sites (tertiary alicyclic amines) is 1. The van der Waals surface area contributed by atoms with E-state index < -0.39 is 0 Å². The largest absolute Gasteiger partial charge is 0.365 e. The van der Waals surface area contributed by atoms with Gasteiger partial charge >= 0.3 is 0 Å². The highest BCUT2D eigenvalue weighted by molar-refractivity contribution is 5.60. The van der Waals surface area contributed by atoms with Gasteiger partial charge in [0.2, 0.25) is 0 Å². The third-order valence-corrected chi connectivity index (χ3v) is 5.76. The van der Waals surface area contributed by atoms with Gasteiger partial charge in [0.25, 0.3) is 0 Å². The van der Waals surface area contributed by atoms with Gasteiger partial charge in [-0.05, 0) is 48.9 Å². The molecular weight excluding hydrogens is 334 g/mol. The molecule has 0 bridgehead atoms. The first-order chi connectivity index (χ1) is 13.3. The standard InChI is InChI=1S/C22H23N5/c1-2-10-24-19(6-1)15-26-12-8-22(16-26)17-27(14-18-5-3-9-23-13-18)20-7-4-11-25-21(20)22/h1-7,9-11,13H,8,12,14-17H2/t22-/m0/s1. The van der Waals surface area contributed by atoms with Gasteiger partial charge in [0.15, 0.2) is 0 Å². The lowest BCUT2D eigenvalue weighted by atomic mass is 9.85. The second-order valence-electron chi connectivity index (χ2n) is 7.65. The minimum atomic E-state index is 0.119. The van der Waals surface area contributed by atoms with Crippen LogP contribution in [0.1, 0.15) is 23.4 Å². The molecule has 0 aliphatic carbocycles. The van der Waals surface area contributed by atoms with E-state index in [0.29, 0.717) is 0 Å². The van der Waals surface area contributed by atoms with Gasteiger partial charge in [-0.1, -0.05) is 12.1 Å². The molecule has 5 rings (SSSR count). The predicted octanol–water partition coefficient (Wildman–Crippen LogP) is 3.04. The topological polar surface area (TPSA) is 45.2 Å². The molecule has 27 heavy (non-hydrogen) atoms. The van der Waals surface area contributed by atoms with Gasteiger partial charge in [0.05, 0.1) is 17.1 Å². The fourth-order valence-corrected chi connectivity index (χ4v) is 4.58. The summed E-state index contributed by atoms with van der Waals surface area (Å²) in [6, 6.07) is 14.6. The van der Waals surface area contributed by atoms with Crippen LogP contribution in [0.4, 0.5) is 5.69 Å². The summed E-state index contributed by atoms with van der Waals surface area (Å²) < 4.78 is 0. The Kier molecular flexibility index (Phi) is 4.09. The molecular formula is C22H23N5. The van der Waals surface area contributed by atoms with Crippen molar-refractivity contribution in [1.29, 1.82) is 0 Å². The van der Waals surface area contributed by atoms with E-state index in [2.05, 4.69) is 50.1 Å². The first kappa shape index (κ1) is 16.4. The molecule has 5 heterocycles. The third-order valence-electron chi connectivity index (χ3n) is 5.76. The van der Waals surface area contributed by atoms with Crippen molar-refractivity contribution in [2.24, 2.45) is 0 Å². The van der Waals surface area contributed by atoms with Crippen molar-refractivity contribution >= 4 is 5.69 Å². The highest BCUT2D eigenvalue weighted by atomic mass is 15.2. The zero-order valence-corrected chi connectivity index (χ0v) is 15.3. The van der Waals surface area contributed by atoms with Gasteiger partial charge in [-0.25, -0.2) is 0 Å². The minimum absolute atomic E-state index is 0.119. The van der Waals surface area contributed by atoms with Crippen LogP contribution in [0, 0.1) is 0 Å². The molecule has 0 N–H and O–H groups in total. The average Bonchev–Trinajstić information content (AvgIpc) is 3.25. The van der Waals surface area contributed by atoms with Crippen molar-refractivity contribution in [2.45, 2.75) is 24.9 Å². The molecule has 1 spiro atoms. The number of hydrogen-bond donors (Lipinski definition) is 0. The second-order valence-corrected chi connectivity index (χ2v) is 7.65. The Balaban J connectivity index is 1.39. The zero-order valence-electron chi connectivity index (χ0n) is 15.3. The van der Waals surface area contributed by atoms with Gasteiger partial charge in [0, 0.05) is 56.4 Å². The quantitative estimate of drug-likeness (QED) is 0.718. The van der Waals surface area contributed by atoms with Crippen LogP contribution in [0.15, 0.2) is 67.3 Å². The van der Waals surface area contributed by atoms with E-state index in [1.54, 1.807) is 0 Å². The molecule has 0 unspecified atom stereocenters. The summed E-state index contributed by atoms with van der Waals surface area (Å²) >= 11 is 0. The SMILES string of the molecule is c1ccc(CN2CC[C@]3(C2)CN(Cc2cccnc2)c2cccnc23)nc1. The van der Waals surface area contributed by atoms with Crippen LogP contribution >= 0.6 is 0 Å². The van der Waals surface area contributed by atoms with Gasteiger partial charge < -0.3 is 4.90 Å². The summed E-state index contributed by atoms with van der Waals surface area (Å²) in [5.41, 5.74) is 5.04. The molecule has 3 aromatic rings. The van der Waals surface area contributed by atoms with E-state index in [-0.39, 0.29) is 5.41 Å². The first-order valence-electron chi connectivity index (χ1n) is 9.54. The molecule has 2 aliphatic rings. The van der Waals surface area contributed by atoms with Crippen molar-refractivity contribution in [2.75, 3.05) is 24.5 Å². The monoisotopic (exact) mass is 357 g/mol. The van der Waals surface area contributed by atoms with E-state index in [9.17, 15) is 0 Å². The fourth-order valence-electron chi connectivity index (χ4n) is 4.58. The predicted molar refractivity (Wildman–Crippen MR) is 105 cm³/mol. The Morgan fingerprint density at radius 2 is 1.81 bits per heavy atom. The van der Waals surface area contributed by atoms with Crippen LogP contribution in [0.25, 0.3) is 0 Å². The number of hydrogen-bond acceptors (Lipinski definition) is 5. The maximum absolute atomic E-state index is 4.83. The lowest BCUT2D eigenvalue weighted by molar-refractivity contribution is 0.302. The lowest BCUT2D eigenvalue weighted by Gasteiger charge is -2.26. The van der Waals surface area contributed by atoms with Gasteiger partial charge in [-0.15, -0.1) is 0 Å². The Morgan fingerprint density at radius 1 is 0.889 bits per heavy atom. The molecule has 0 aromatic carbocycles. The van der Waals surface area contributed by atoms with Crippen molar-refractivity contribution in [3.8, 4) is 0 Å². The van der Waals surface area contributed by atoms with Gasteiger partial charge in [-0.3, -0.25) is 19.9 Å². The lowest BCUT2D eigenvalue weighted by Crippen LogP contribution is -2.36. The molecule has 0 saturated carbocycles. The highest BCUT2D eigenvalue weighted by Crippen LogP contribution is 2.45. The van der Waals surface area contributed by atoms with Gasteiger partial charge in [0.1, 0.15) is 0 Å². The van der Waals surface area contributed by atoms with Crippen LogP contribution in [-0.4, -0.2) is 39.5 Å². The molecule has 5 nitrogen and oxygen atoms in total. The summed E-state index contributed by atoms with van der Waals surface area (Å²) in [5, 5.41) is 0. The summed E-state index contributed by atoms with van der Waals surface area (Å²) in [7, 11) is 0. The minimum Gasteiger partial charge on any atom is -0.365 e. The van der Waals surface area contributed by atoms with E-state index >= 15 is 0 Å². The Bertz CT molecular complexity index is 914. The highest BCUT2D eigenvalue weighted by Gasteiger charge is 2.48. The number of rotatable bonds is 4. The fraction of sp³-hybridized carbons (Fsp3) is 0.318. The van der Waals surface area contributed by atoms with E-state index in [1.807, 2.05) is 36.9 Å². The molecule has 1 atom stereocenters. The molecule has 136 valence electrons. The molecule has 0 radical (unpaired) electrons. The summed E-state index contributed by atoms with van der Waals surface area (Å²) in [6.45, 7) is 4.94. The molecule has 0 amide bonds. The van der Waals surface area contributed by atoms with Crippen molar-refractivity contribution in [3.05, 3.63) is 84.2 Å². The maximum atomic E-state index is 4.83. The molecule has 2 aliphatic heterocycles. The number of nitrogens with zero attached hydrogens (tertiary/aromatic N) is 5. The number of fused-ring (bicyclic) bond motifs is 2. The number of aromatic nitrogens is 3. The second kappa shape index (κ2) is 6.74. The number of anilines is 1. The van der Waals surface area contributed by atoms with E-state index in [1.165, 1.54) is 16.9 Å². The molecule has 1 fully saturated rings. The Labute approximate surface area is 159 Å². The zero-order chi connectivity index (χ0) is 18.1. The van der Waals surface area contributed by atoms with Crippen molar-refractivity contribution < 1.29 is 0 Å². The molecule has 5 heteroatoms. The average molecular weight is 357 g/mol. The molecule has 1 saturated heterocycles. The van der Waals surface area contributed by atoms with Crippen LogP contribution in [-0.2, 0) is 18.5 Å². The molecule has 3 aromatic heterocycles. The van der Waals surface area contributed by atoms with Crippen LogP contribution in [0.3, 0.4) is 0 Å². The van der Waals surface area contributed by atoms with E-state index in [0.717, 1.165) is 44.8 Å². The first-order valence-corrected chi connectivity index (χ1v) is 9.54.